The highest BCUT2D eigenvalue weighted by atomic mass is 35.5. The maximum absolute atomic E-state index is 13.0. The molecule has 0 saturated heterocycles. The fourth-order valence-corrected chi connectivity index (χ4v) is 4.15. The Morgan fingerprint density at radius 1 is 1.16 bits per heavy atom. The van der Waals surface area contributed by atoms with Crippen LogP contribution < -0.4 is 5.32 Å². The van der Waals surface area contributed by atoms with Gasteiger partial charge in [-0.3, -0.25) is 9.48 Å². The zero-order chi connectivity index (χ0) is 22.9. The number of carbonyl (C=O) groups excluding carboxylic acids is 1. The minimum absolute atomic E-state index is 0.225. The van der Waals surface area contributed by atoms with E-state index in [0.717, 1.165) is 11.8 Å². The minimum Gasteiger partial charge on any atom is -0.610 e. The number of benzene rings is 2. The van der Waals surface area contributed by atoms with Crippen LogP contribution in [0, 0.1) is 0 Å². The summed E-state index contributed by atoms with van der Waals surface area (Å²) < 4.78 is 25.1. The van der Waals surface area contributed by atoms with Gasteiger partial charge in [-0.2, -0.15) is 5.10 Å². The Bertz CT molecular complexity index is 1330. The summed E-state index contributed by atoms with van der Waals surface area (Å²) in [6.07, 6.45) is 3.45. The molecular formula is C23H21ClN4O3S. The highest BCUT2D eigenvalue weighted by Gasteiger charge is 2.18. The number of carbonyl (C=O) groups is 1. The van der Waals surface area contributed by atoms with E-state index in [2.05, 4.69) is 15.4 Å². The molecule has 0 aliphatic heterocycles. The first-order chi connectivity index (χ1) is 15.2. The van der Waals surface area contributed by atoms with Crippen molar-refractivity contribution in [3.8, 4) is 11.3 Å². The summed E-state index contributed by atoms with van der Waals surface area (Å²) in [6, 6.07) is 15.6. The minimum atomic E-state index is -3.30. The van der Waals surface area contributed by atoms with E-state index in [1.165, 1.54) is 12.1 Å². The molecule has 1 atom stereocenters. The van der Waals surface area contributed by atoms with Gasteiger partial charge in [-0.1, -0.05) is 23.7 Å². The summed E-state index contributed by atoms with van der Waals surface area (Å²) in [5.74, 6) is -0.228. The standard InChI is InChI=1S/C23H21ClN4O3S/c1-28-22-20(14-26-28)19(23(29)25-12-11-15-3-7-17(24)8-4-15)13-21(27-22)16-5-9-18(10-6-16)32(2,30)31/h3-10,13-14H,11-12H2,1-2H3,(H-,25,29,30,31). The van der Waals surface area contributed by atoms with Crippen LogP contribution in [0.5, 0.6) is 0 Å². The molecule has 1 amide bonds. The first kappa shape index (κ1) is 22.1. The van der Waals surface area contributed by atoms with E-state index in [1.54, 1.807) is 36.1 Å². The number of hydrogen-bond acceptors (Lipinski definition) is 5. The normalized spacial score (nSPS) is 13.1. The van der Waals surface area contributed by atoms with Gasteiger partial charge >= 0.3 is 0 Å². The number of sulfone groups is 1. The van der Waals surface area contributed by atoms with Crippen molar-refractivity contribution in [1.82, 2.24) is 20.1 Å². The lowest BCUT2D eigenvalue weighted by Crippen LogP contribution is -2.26. The Hall–Kier alpha value is -3.07. The molecule has 164 valence electrons. The van der Waals surface area contributed by atoms with Crippen molar-refractivity contribution in [2.45, 2.75) is 11.3 Å². The van der Waals surface area contributed by atoms with Crippen LogP contribution in [0.2, 0.25) is 5.02 Å². The summed E-state index contributed by atoms with van der Waals surface area (Å²) in [4.78, 5) is 17.9. The number of nitrogens with one attached hydrogen (secondary N) is 1. The predicted octanol–water partition coefficient (Wildman–Crippen LogP) is 3.88. The van der Waals surface area contributed by atoms with Gasteiger partial charge in [-0.25, -0.2) is 4.98 Å². The second-order valence-electron chi connectivity index (χ2n) is 7.49. The number of amides is 1. The van der Waals surface area contributed by atoms with E-state index in [4.69, 9.17) is 11.6 Å². The topological polar surface area (TPSA) is 99.9 Å². The van der Waals surface area contributed by atoms with Crippen molar-refractivity contribution < 1.29 is 13.6 Å². The predicted molar refractivity (Wildman–Crippen MR) is 124 cm³/mol. The van der Waals surface area contributed by atoms with Crippen LogP contribution in [0.4, 0.5) is 0 Å². The molecule has 2 heterocycles. The van der Waals surface area contributed by atoms with Crippen LogP contribution in [0.25, 0.3) is 22.3 Å². The van der Waals surface area contributed by atoms with Crippen LogP contribution in [0.15, 0.2) is 65.7 Å². The molecule has 0 aliphatic carbocycles. The Morgan fingerprint density at radius 3 is 2.50 bits per heavy atom. The Labute approximate surface area is 191 Å². The molecule has 0 fully saturated rings. The fourth-order valence-electron chi connectivity index (χ4n) is 3.39. The second-order valence-corrected chi connectivity index (χ2v) is 9.94. The molecule has 4 rings (SSSR count). The van der Waals surface area contributed by atoms with Crippen molar-refractivity contribution in [1.29, 1.82) is 0 Å². The number of halogens is 1. The molecule has 2 aromatic carbocycles. The molecule has 0 aliphatic rings. The van der Waals surface area contributed by atoms with Crippen molar-refractivity contribution in [2.75, 3.05) is 12.8 Å². The second kappa shape index (κ2) is 8.82. The molecule has 0 saturated carbocycles. The van der Waals surface area contributed by atoms with Gasteiger partial charge in [0.2, 0.25) is 0 Å². The number of hydrogen-bond donors (Lipinski definition) is 1. The molecule has 2 aromatic heterocycles. The summed E-state index contributed by atoms with van der Waals surface area (Å²) in [5.41, 5.74) is 3.36. The average Bonchev–Trinajstić information content (AvgIpc) is 3.14. The van der Waals surface area contributed by atoms with Crippen molar-refractivity contribution in [3.05, 3.63) is 76.9 Å². The maximum Gasteiger partial charge on any atom is 0.252 e. The molecule has 9 heteroatoms. The third kappa shape index (κ3) is 4.72. The third-order valence-corrected chi connectivity index (χ3v) is 6.52. The number of rotatable bonds is 6. The van der Waals surface area contributed by atoms with Crippen LogP contribution in [-0.4, -0.2) is 38.0 Å². The van der Waals surface area contributed by atoms with E-state index >= 15 is 0 Å². The summed E-state index contributed by atoms with van der Waals surface area (Å²) in [7, 11) is -1.54. The molecule has 4 aromatic rings. The Kier molecular flexibility index (Phi) is 6.10. The fraction of sp³-hybridized carbons (Fsp3) is 0.174. The zero-order valence-electron chi connectivity index (χ0n) is 17.5. The largest absolute Gasteiger partial charge is 0.610 e. The monoisotopic (exact) mass is 468 g/mol. The van der Waals surface area contributed by atoms with Crippen LogP contribution in [0.1, 0.15) is 15.9 Å². The van der Waals surface area contributed by atoms with E-state index < -0.39 is 10.2 Å². The lowest BCUT2D eigenvalue weighted by Gasteiger charge is -2.11. The van der Waals surface area contributed by atoms with Gasteiger partial charge in [0.25, 0.3) is 5.91 Å². The molecule has 0 bridgehead atoms. The van der Waals surface area contributed by atoms with Gasteiger partial charge in [-0.15, -0.1) is 4.21 Å². The molecule has 0 spiro atoms. The average molecular weight is 469 g/mol. The summed E-state index contributed by atoms with van der Waals surface area (Å²) >= 11 is 5.92. The third-order valence-electron chi connectivity index (χ3n) is 5.14. The number of fused-ring (bicyclic) bond motifs is 1. The van der Waals surface area contributed by atoms with Crippen molar-refractivity contribution in [2.24, 2.45) is 7.05 Å². The van der Waals surface area contributed by atoms with E-state index in [9.17, 15) is 13.6 Å². The zero-order valence-corrected chi connectivity index (χ0v) is 19.1. The Balaban J connectivity index is 1.61. The molecule has 1 unspecified atom stereocenters. The van der Waals surface area contributed by atoms with Crippen LogP contribution >= 0.6 is 11.6 Å². The molecular weight excluding hydrogens is 448 g/mol. The first-order valence-electron chi connectivity index (χ1n) is 9.88. The SMILES string of the molecule is Cn1ncc2c(C(=O)NCCc3ccc(Cl)cc3)cc(-c3ccc([S+](C)(=O)[O-])cc3)nc21. The Morgan fingerprint density at radius 2 is 1.84 bits per heavy atom. The van der Waals surface area contributed by atoms with E-state index in [-0.39, 0.29) is 10.8 Å². The molecule has 0 radical (unpaired) electrons. The van der Waals surface area contributed by atoms with E-state index in [1.807, 2.05) is 24.3 Å². The number of aromatic nitrogens is 3. The smallest absolute Gasteiger partial charge is 0.252 e. The number of nitrogens with zero attached hydrogens (tertiary/aromatic N) is 3. The maximum atomic E-state index is 13.0. The van der Waals surface area contributed by atoms with Gasteiger partial charge in [0, 0.05) is 24.2 Å². The quantitative estimate of drug-likeness (QED) is 0.433. The number of aryl methyl sites for hydroxylation is 1. The van der Waals surface area contributed by atoms with Gasteiger partial charge in [0.15, 0.2) is 10.5 Å². The van der Waals surface area contributed by atoms with Gasteiger partial charge in [0.1, 0.15) is 6.26 Å². The van der Waals surface area contributed by atoms with Crippen LogP contribution in [0.3, 0.4) is 0 Å². The summed E-state index contributed by atoms with van der Waals surface area (Å²) in [5, 5.41) is 8.51. The van der Waals surface area contributed by atoms with Crippen LogP contribution in [-0.2, 0) is 27.9 Å². The molecule has 1 N–H and O–H groups in total. The number of pyridine rings is 1. The van der Waals surface area contributed by atoms with Crippen molar-refractivity contribution in [3.63, 3.8) is 0 Å². The highest BCUT2D eigenvalue weighted by molar-refractivity contribution is 7.97. The molecule has 32 heavy (non-hydrogen) atoms. The van der Waals surface area contributed by atoms with Gasteiger partial charge in [0.05, 0.1) is 33.1 Å². The summed E-state index contributed by atoms with van der Waals surface area (Å²) in [6.45, 7) is 0.461. The van der Waals surface area contributed by atoms with Crippen molar-refractivity contribution >= 4 is 38.8 Å². The van der Waals surface area contributed by atoms with Gasteiger partial charge in [-0.05, 0) is 54.4 Å². The lowest BCUT2D eigenvalue weighted by atomic mass is 10.1. The van der Waals surface area contributed by atoms with Gasteiger partial charge < -0.3 is 9.87 Å². The van der Waals surface area contributed by atoms with E-state index in [0.29, 0.717) is 45.8 Å². The lowest BCUT2D eigenvalue weighted by molar-refractivity contribution is 0.0955. The molecule has 7 nitrogen and oxygen atoms in total. The first-order valence-corrected chi connectivity index (χ1v) is 12.2. The highest BCUT2D eigenvalue weighted by Crippen LogP contribution is 2.26.